The summed E-state index contributed by atoms with van der Waals surface area (Å²) in [4.78, 5) is 0. The SMILES string of the molecule is CC1(C)OB(/C=C/CCO[Si](C)(C)C(C)(C)C)OC1(C)C. The third kappa shape index (κ3) is 4.68. The van der Waals surface area contributed by atoms with Gasteiger partial charge in [0.15, 0.2) is 8.32 Å². The maximum Gasteiger partial charge on any atom is 0.486 e. The standard InChI is InChI=1S/C16H33BO3Si/c1-14(2,3)21(8,9)18-13-11-10-12-17-19-15(4,5)16(6,7)20-17/h10,12H,11,13H2,1-9H3/b12-10+. The predicted octanol–water partition coefficient (Wildman–Crippen LogP) is 4.59. The van der Waals surface area contributed by atoms with Gasteiger partial charge in [0.05, 0.1) is 11.2 Å². The maximum atomic E-state index is 6.15. The lowest BCUT2D eigenvalue weighted by atomic mass is 9.90. The first-order valence-electron chi connectivity index (χ1n) is 7.95. The van der Waals surface area contributed by atoms with Crippen molar-refractivity contribution in [2.75, 3.05) is 6.61 Å². The fourth-order valence-corrected chi connectivity index (χ4v) is 2.83. The van der Waals surface area contributed by atoms with Crippen LogP contribution in [0.1, 0.15) is 54.9 Å². The highest BCUT2D eigenvalue weighted by molar-refractivity contribution is 6.74. The van der Waals surface area contributed by atoms with Crippen LogP contribution in [-0.2, 0) is 13.7 Å². The van der Waals surface area contributed by atoms with E-state index < -0.39 is 8.32 Å². The Balaban J connectivity index is 2.38. The summed E-state index contributed by atoms with van der Waals surface area (Å²) >= 11 is 0. The summed E-state index contributed by atoms with van der Waals surface area (Å²) < 4.78 is 18.0. The van der Waals surface area contributed by atoms with Crippen LogP contribution in [-0.4, -0.2) is 33.2 Å². The molecule has 0 radical (unpaired) electrons. The van der Waals surface area contributed by atoms with Crippen LogP contribution in [0.5, 0.6) is 0 Å². The van der Waals surface area contributed by atoms with E-state index in [9.17, 15) is 0 Å². The van der Waals surface area contributed by atoms with Gasteiger partial charge in [0, 0.05) is 6.61 Å². The van der Waals surface area contributed by atoms with Gasteiger partial charge >= 0.3 is 7.12 Å². The molecular weight excluding hydrogens is 279 g/mol. The molecule has 1 aliphatic rings. The van der Waals surface area contributed by atoms with E-state index in [-0.39, 0.29) is 23.4 Å². The van der Waals surface area contributed by atoms with Gasteiger partial charge in [0.2, 0.25) is 0 Å². The molecule has 0 aliphatic carbocycles. The molecule has 0 aromatic rings. The largest absolute Gasteiger partial charge is 0.486 e. The molecule has 21 heavy (non-hydrogen) atoms. The van der Waals surface area contributed by atoms with Crippen LogP contribution in [0.3, 0.4) is 0 Å². The molecule has 0 saturated carbocycles. The van der Waals surface area contributed by atoms with Crippen LogP contribution in [0.25, 0.3) is 0 Å². The van der Waals surface area contributed by atoms with Gasteiger partial charge < -0.3 is 13.7 Å². The molecule has 0 N–H and O–H groups in total. The topological polar surface area (TPSA) is 27.7 Å². The van der Waals surface area contributed by atoms with Crippen LogP contribution in [0.15, 0.2) is 12.1 Å². The Kier molecular flexibility index (Phi) is 5.58. The van der Waals surface area contributed by atoms with Crippen LogP contribution in [0.4, 0.5) is 0 Å². The molecule has 0 bridgehead atoms. The number of hydrogen-bond acceptors (Lipinski definition) is 3. The van der Waals surface area contributed by atoms with Gasteiger partial charge in [0.1, 0.15) is 0 Å². The first-order chi connectivity index (χ1) is 9.29. The normalized spacial score (nSPS) is 22.2. The molecule has 0 unspecified atom stereocenters. The number of rotatable bonds is 5. The third-order valence-electron chi connectivity index (χ3n) is 5.12. The van der Waals surface area contributed by atoms with E-state index in [1.54, 1.807) is 0 Å². The van der Waals surface area contributed by atoms with Gasteiger partial charge in [-0.15, -0.1) is 0 Å². The highest BCUT2D eigenvalue weighted by Crippen LogP contribution is 2.37. The molecule has 0 spiro atoms. The average molecular weight is 312 g/mol. The minimum atomic E-state index is -1.63. The quantitative estimate of drug-likeness (QED) is 0.549. The van der Waals surface area contributed by atoms with Gasteiger partial charge in [-0.1, -0.05) is 32.8 Å². The van der Waals surface area contributed by atoms with Crippen molar-refractivity contribution < 1.29 is 13.7 Å². The molecule has 1 heterocycles. The molecule has 3 nitrogen and oxygen atoms in total. The zero-order valence-corrected chi connectivity index (χ0v) is 16.4. The first-order valence-corrected chi connectivity index (χ1v) is 10.9. The molecule has 5 heteroatoms. The minimum Gasteiger partial charge on any atom is -0.417 e. The summed E-state index contributed by atoms with van der Waals surface area (Å²) in [6.07, 6.45) is 3.01. The minimum absolute atomic E-state index is 0.247. The Morgan fingerprint density at radius 1 is 1.05 bits per heavy atom. The third-order valence-corrected chi connectivity index (χ3v) is 9.66. The molecule has 0 aromatic carbocycles. The van der Waals surface area contributed by atoms with Crippen molar-refractivity contribution in [1.82, 2.24) is 0 Å². The lowest BCUT2D eigenvalue weighted by Crippen LogP contribution is -2.41. The summed E-state index contributed by atoms with van der Waals surface area (Å²) in [5.41, 5.74) is -0.528. The Hall–Kier alpha value is -0.0982. The van der Waals surface area contributed by atoms with E-state index >= 15 is 0 Å². The summed E-state index contributed by atoms with van der Waals surface area (Å²) in [5.74, 6) is 2.01. The van der Waals surface area contributed by atoms with Crippen LogP contribution in [0, 0.1) is 0 Å². The van der Waals surface area contributed by atoms with E-state index in [4.69, 9.17) is 13.7 Å². The van der Waals surface area contributed by atoms with E-state index in [0.717, 1.165) is 13.0 Å². The average Bonchev–Trinajstić information content (AvgIpc) is 2.45. The predicted molar refractivity (Wildman–Crippen MR) is 93.0 cm³/mol. The summed E-state index contributed by atoms with van der Waals surface area (Å²) in [6, 6.07) is 0. The zero-order valence-electron chi connectivity index (χ0n) is 15.4. The lowest BCUT2D eigenvalue weighted by Gasteiger charge is -2.36. The van der Waals surface area contributed by atoms with Crippen molar-refractivity contribution >= 4 is 15.4 Å². The Morgan fingerprint density at radius 2 is 1.52 bits per heavy atom. The number of hydrogen-bond donors (Lipinski definition) is 0. The first kappa shape index (κ1) is 18.9. The fourth-order valence-electron chi connectivity index (χ4n) is 1.77. The molecule has 1 saturated heterocycles. The van der Waals surface area contributed by atoms with Gasteiger partial charge in [-0.2, -0.15) is 0 Å². The summed E-state index contributed by atoms with van der Waals surface area (Å²) in [7, 11) is -1.88. The van der Waals surface area contributed by atoms with Crippen molar-refractivity contribution in [2.45, 2.75) is 84.2 Å². The molecule has 0 amide bonds. The molecule has 1 fully saturated rings. The molecule has 1 aliphatic heterocycles. The van der Waals surface area contributed by atoms with Crippen molar-refractivity contribution in [1.29, 1.82) is 0 Å². The highest BCUT2D eigenvalue weighted by atomic mass is 28.4. The second-order valence-electron chi connectivity index (χ2n) is 8.45. The monoisotopic (exact) mass is 312 g/mol. The molecule has 0 aromatic heterocycles. The fraction of sp³-hybridized carbons (Fsp3) is 0.875. The zero-order chi connectivity index (χ0) is 16.5. The van der Waals surface area contributed by atoms with Gasteiger partial charge in [-0.3, -0.25) is 0 Å². The van der Waals surface area contributed by atoms with Crippen LogP contribution in [0.2, 0.25) is 18.1 Å². The molecule has 1 rings (SSSR count). The maximum absolute atomic E-state index is 6.15. The second kappa shape index (κ2) is 6.19. The van der Waals surface area contributed by atoms with E-state index in [1.165, 1.54) is 0 Å². The van der Waals surface area contributed by atoms with Gasteiger partial charge in [0.25, 0.3) is 0 Å². The smallest absolute Gasteiger partial charge is 0.417 e. The lowest BCUT2D eigenvalue weighted by molar-refractivity contribution is 0.00578. The van der Waals surface area contributed by atoms with Crippen LogP contribution < -0.4 is 0 Å². The van der Waals surface area contributed by atoms with E-state index in [1.807, 2.05) is 5.98 Å². The van der Waals surface area contributed by atoms with E-state index in [2.05, 4.69) is 67.6 Å². The summed E-state index contributed by atoms with van der Waals surface area (Å²) in [5, 5.41) is 0.266. The van der Waals surface area contributed by atoms with Gasteiger partial charge in [-0.25, -0.2) is 0 Å². The Morgan fingerprint density at radius 3 is 1.95 bits per heavy atom. The highest BCUT2D eigenvalue weighted by Gasteiger charge is 2.49. The van der Waals surface area contributed by atoms with Crippen LogP contribution >= 0.6 is 0 Å². The summed E-state index contributed by atoms with van der Waals surface area (Å²) in [6.45, 7) is 20.4. The van der Waals surface area contributed by atoms with Gasteiger partial charge in [-0.05, 0) is 52.2 Å². The van der Waals surface area contributed by atoms with Crippen molar-refractivity contribution in [3.8, 4) is 0 Å². The van der Waals surface area contributed by atoms with Crippen molar-refractivity contribution in [3.63, 3.8) is 0 Å². The molecular formula is C16H33BO3Si. The Labute approximate surface area is 132 Å². The second-order valence-corrected chi connectivity index (χ2v) is 13.3. The van der Waals surface area contributed by atoms with Crippen molar-refractivity contribution in [2.24, 2.45) is 0 Å². The Bertz CT molecular complexity index is 367. The van der Waals surface area contributed by atoms with Crippen molar-refractivity contribution in [3.05, 3.63) is 12.1 Å². The molecule has 122 valence electrons. The van der Waals surface area contributed by atoms with E-state index in [0.29, 0.717) is 0 Å². The molecule has 0 atom stereocenters.